The molecule has 0 spiro atoms. The molecule has 0 saturated carbocycles. The molecular weight excluding hydrogens is 356 g/mol. The van der Waals surface area contributed by atoms with Gasteiger partial charge in [0.05, 0.1) is 19.2 Å². The van der Waals surface area contributed by atoms with Crippen molar-refractivity contribution in [3.63, 3.8) is 0 Å². The molecule has 2 aliphatic heterocycles. The molecule has 1 atom stereocenters. The molecule has 2 heterocycles. The fourth-order valence-corrected chi connectivity index (χ4v) is 3.48. The van der Waals surface area contributed by atoms with E-state index in [1.807, 2.05) is 39.8 Å². The molecule has 2 aliphatic rings. The molecule has 7 nitrogen and oxygen atoms in total. The molecule has 1 saturated heterocycles. The van der Waals surface area contributed by atoms with Gasteiger partial charge < -0.3 is 24.6 Å². The van der Waals surface area contributed by atoms with Gasteiger partial charge in [-0.05, 0) is 38.8 Å². The summed E-state index contributed by atoms with van der Waals surface area (Å²) in [6.07, 6.45) is -0.238. The number of benzene rings is 1. The molecule has 0 radical (unpaired) electrons. The first-order valence-electron chi connectivity index (χ1n) is 10.0. The van der Waals surface area contributed by atoms with Crippen LogP contribution in [0.4, 0.5) is 4.79 Å². The van der Waals surface area contributed by atoms with Crippen molar-refractivity contribution < 1.29 is 14.3 Å². The van der Waals surface area contributed by atoms with Crippen LogP contribution in [0.15, 0.2) is 29.3 Å². The zero-order chi connectivity index (χ0) is 20.1. The third kappa shape index (κ3) is 5.16. The van der Waals surface area contributed by atoms with E-state index in [0.29, 0.717) is 39.4 Å². The largest absolute Gasteiger partial charge is 0.444 e. The van der Waals surface area contributed by atoms with Crippen LogP contribution in [0.25, 0.3) is 0 Å². The van der Waals surface area contributed by atoms with Gasteiger partial charge in [-0.2, -0.15) is 0 Å². The Bertz CT molecular complexity index is 714. The number of carbonyl (C=O) groups is 1. The van der Waals surface area contributed by atoms with Crippen LogP contribution in [0, 0.1) is 0 Å². The maximum atomic E-state index is 12.3. The Morgan fingerprint density at radius 3 is 2.71 bits per heavy atom. The second-order valence-corrected chi connectivity index (χ2v) is 8.20. The molecule has 3 rings (SSSR count). The van der Waals surface area contributed by atoms with Gasteiger partial charge in [-0.3, -0.25) is 4.99 Å². The first-order valence-corrected chi connectivity index (χ1v) is 10.0. The quantitative estimate of drug-likeness (QED) is 0.840. The Balaban J connectivity index is 1.54. The van der Waals surface area contributed by atoms with Crippen LogP contribution in [0.1, 0.15) is 38.8 Å². The number of fused-ring (bicyclic) bond motifs is 1. The van der Waals surface area contributed by atoms with Crippen molar-refractivity contribution in [2.24, 2.45) is 4.99 Å². The fourth-order valence-electron chi connectivity index (χ4n) is 3.48. The van der Waals surface area contributed by atoms with Crippen molar-refractivity contribution in [1.82, 2.24) is 15.1 Å². The summed E-state index contributed by atoms with van der Waals surface area (Å²) < 4.78 is 11.1. The maximum absolute atomic E-state index is 12.3. The van der Waals surface area contributed by atoms with Crippen molar-refractivity contribution >= 4 is 12.1 Å². The van der Waals surface area contributed by atoms with Gasteiger partial charge in [0.25, 0.3) is 0 Å². The zero-order valence-electron chi connectivity index (χ0n) is 17.4. The van der Waals surface area contributed by atoms with Gasteiger partial charge in [0.15, 0.2) is 5.96 Å². The summed E-state index contributed by atoms with van der Waals surface area (Å²) in [5.74, 6) is 0.917. The fraction of sp³-hybridized carbons (Fsp3) is 0.619. The molecule has 1 aromatic rings. The average Bonchev–Trinajstić information content (AvgIpc) is 3.06. The third-order valence-electron chi connectivity index (χ3n) is 4.88. The van der Waals surface area contributed by atoms with E-state index in [9.17, 15) is 4.79 Å². The van der Waals surface area contributed by atoms with E-state index < -0.39 is 5.60 Å². The van der Waals surface area contributed by atoms with E-state index in [4.69, 9.17) is 9.47 Å². The molecule has 0 aliphatic carbocycles. The molecule has 1 amide bonds. The summed E-state index contributed by atoms with van der Waals surface area (Å²) in [5.41, 5.74) is 1.94. The number of ether oxygens (including phenoxy) is 2. The monoisotopic (exact) mass is 388 g/mol. The highest BCUT2D eigenvalue weighted by molar-refractivity contribution is 5.82. The molecule has 1 fully saturated rings. The van der Waals surface area contributed by atoms with Gasteiger partial charge in [-0.15, -0.1) is 0 Å². The minimum Gasteiger partial charge on any atom is -0.444 e. The van der Waals surface area contributed by atoms with Crippen LogP contribution < -0.4 is 5.32 Å². The lowest BCUT2D eigenvalue weighted by Gasteiger charge is -2.39. The lowest BCUT2D eigenvalue weighted by atomic mass is 10.1. The van der Waals surface area contributed by atoms with Crippen LogP contribution in [0.3, 0.4) is 0 Å². The van der Waals surface area contributed by atoms with Crippen LogP contribution in [-0.4, -0.2) is 66.3 Å². The van der Waals surface area contributed by atoms with Gasteiger partial charge in [0.1, 0.15) is 5.60 Å². The van der Waals surface area contributed by atoms with Crippen molar-refractivity contribution in [2.75, 3.05) is 32.8 Å². The van der Waals surface area contributed by atoms with Crippen molar-refractivity contribution in [2.45, 2.75) is 52.5 Å². The maximum Gasteiger partial charge on any atom is 0.410 e. The molecule has 154 valence electrons. The highest BCUT2D eigenvalue weighted by atomic mass is 16.6. The molecule has 1 unspecified atom stereocenters. The predicted molar refractivity (Wildman–Crippen MR) is 109 cm³/mol. The van der Waals surface area contributed by atoms with E-state index >= 15 is 0 Å². The van der Waals surface area contributed by atoms with Crippen LogP contribution in [-0.2, 0) is 22.6 Å². The summed E-state index contributed by atoms with van der Waals surface area (Å²) in [5, 5.41) is 3.48. The molecule has 0 bridgehead atoms. The smallest absolute Gasteiger partial charge is 0.410 e. The van der Waals surface area contributed by atoms with Gasteiger partial charge >= 0.3 is 6.09 Å². The minimum atomic E-state index is -0.470. The number of aliphatic imine (C=N–C) groups is 1. The summed E-state index contributed by atoms with van der Waals surface area (Å²) in [4.78, 5) is 21.1. The summed E-state index contributed by atoms with van der Waals surface area (Å²) >= 11 is 0. The molecule has 7 heteroatoms. The van der Waals surface area contributed by atoms with E-state index in [2.05, 4.69) is 27.3 Å². The van der Waals surface area contributed by atoms with Crippen LogP contribution in [0.2, 0.25) is 0 Å². The first-order chi connectivity index (χ1) is 13.4. The van der Waals surface area contributed by atoms with E-state index in [1.54, 1.807) is 4.90 Å². The number of piperazine rings is 1. The molecule has 0 aromatic heterocycles. The Morgan fingerprint density at radius 1 is 1.25 bits per heavy atom. The molecule has 1 aromatic carbocycles. The Kier molecular flexibility index (Phi) is 6.44. The average molecular weight is 389 g/mol. The topological polar surface area (TPSA) is 66.4 Å². The lowest BCUT2D eigenvalue weighted by molar-refractivity contribution is 0.0137. The minimum absolute atomic E-state index is 0.211. The van der Waals surface area contributed by atoms with Gasteiger partial charge in [0, 0.05) is 32.8 Å². The van der Waals surface area contributed by atoms with Gasteiger partial charge in [-0.25, -0.2) is 4.79 Å². The number of hydrogen-bond donors (Lipinski definition) is 1. The summed E-state index contributed by atoms with van der Waals surface area (Å²) in [6.45, 7) is 12.5. The number of nitrogens with zero attached hydrogens (tertiary/aromatic N) is 3. The van der Waals surface area contributed by atoms with E-state index in [0.717, 1.165) is 12.5 Å². The predicted octanol–water partition coefficient (Wildman–Crippen LogP) is 2.60. The Labute approximate surface area is 167 Å². The van der Waals surface area contributed by atoms with Crippen molar-refractivity contribution in [3.8, 4) is 0 Å². The Morgan fingerprint density at radius 2 is 2.00 bits per heavy atom. The van der Waals surface area contributed by atoms with Crippen LogP contribution >= 0.6 is 0 Å². The van der Waals surface area contributed by atoms with Gasteiger partial charge in [-0.1, -0.05) is 24.3 Å². The normalized spacial score (nSPS) is 19.3. The Hall–Kier alpha value is -2.28. The van der Waals surface area contributed by atoms with Gasteiger partial charge in [0.2, 0.25) is 0 Å². The number of amides is 1. The summed E-state index contributed by atoms with van der Waals surface area (Å²) in [7, 11) is 0. The molecule has 1 N–H and O–H groups in total. The number of carbonyl (C=O) groups excluding carboxylic acids is 1. The van der Waals surface area contributed by atoms with E-state index in [1.165, 1.54) is 11.1 Å². The molecular formula is C21H32N4O3. The standard InChI is InChI=1S/C21H32N4O3/c1-5-27-15-17-9-7-6-8-16(17)12-22-19-23-13-18-14-24(10-11-25(18)19)20(26)28-21(2,3)4/h6-9,18H,5,10-15H2,1-4H3,(H,22,23). The third-order valence-corrected chi connectivity index (χ3v) is 4.88. The van der Waals surface area contributed by atoms with E-state index in [-0.39, 0.29) is 12.1 Å². The second-order valence-electron chi connectivity index (χ2n) is 8.20. The van der Waals surface area contributed by atoms with Crippen molar-refractivity contribution in [1.29, 1.82) is 0 Å². The first kappa shape index (κ1) is 20.5. The number of rotatable bonds is 5. The van der Waals surface area contributed by atoms with Crippen LogP contribution in [0.5, 0.6) is 0 Å². The molecule has 28 heavy (non-hydrogen) atoms. The summed E-state index contributed by atoms with van der Waals surface area (Å²) in [6, 6.07) is 8.52. The lowest BCUT2D eigenvalue weighted by Crippen LogP contribution is -2.57. The van der Waals surface area contributed by atoms with Crippen molar-refractivity contribution in [3.05, 3.63) is 35.4 Å². The second kappa shape index (κ2) is 8.82. The SMILES string of the molecule is CCOCc1ccccc1CNC1=NCC2CN(C(=O)OC(C)(C)C)CCN12. The number of guanidine groups is 1. The highest BCUT2D eigenvalue weighted by Crippen LogP contribution is 2.19. The zero-order valence-corrected chi connectivity index (χ0v) is 17.4. The number of nitrogens with one attached hydrogen (secondary N) is 1. The highest BCUT2D eigenvalue weighted by Gasteiger charge is 2.36. The number of hydrogen-bond acceptors (Lipinski definition) is 6.